The molecule has 1 fully saturated rings. The van der Waals surface area contributed by atoms with E-state index in [1.807, 2.05) is 18.3 Å². The van der Waals surface area contributed by atoms with Crippen molar-refractivity contribution in [3.8, 4) is 0 Å². The fourth-order valence-electron chi connectivity index (χ4n) is 3.44. The molecule has 1 amide bonds. The van der Waals surface area contributed by atoms with E-state index in [0.717, 1.165) is 25.0 Å². The predicted molar refractivity (Wildman–Crippen MR) is 94.5 cm³/mol. The van der Waals surface area contributed by atoms with E-state index in [4.69, 9.17) is 0 Å². The maximum atomic E-state index is 12.1. The van der Waals surface area contributed by atoms with Crippen molar-refractivity contribution in [3.05, 3.63) is 36.0 Å². The van der Waals surface area contributed by atoms with Crippen LogP contribution in [-0.4, -0.2) is 42.0 Å². The summed E-state index contributed by atoms with van der Waals surface area (Å²) in [4.78, 5) is 17.9. The normalized spacial score (nSPS) is 16.7. The van der Waals surface area contributed by atoms with Gasteiger partial charge in [0.25, 0.3) is 0 Å². The third-order valence-corrected chi connectivity index (χ3v) is 5.04. The Balaban J connectivity index is 1.42. The first kappa shape index (κ1) is 16.1. The van der Waals surface area contributed by atoms with Gasteiger partial charge in [-0.15, -0.1) is 0 Å². The molecule has 1 aromatic heterocycles. The monoisotopic (exact) mass is 313 g/mol. The fraction of sp³-hybridized carbons (Fsp3) is 0.526. The second-order valence-electron chi connectivity index (χ2n) is 6.54. The first-order valence-electron chi connectivity index (χ1n) is 8.80. The SMILES string of the molecule is CCN1CCC(CNC(=O)CCc2c[nH]c3ccccc23)CC1. The lowest BCUT2D eigenvalue weighted by Gasteiger charge is -2.31. The summed E-state index contributed by atoms with van der Waals surface area (Å²) in [5, 5.41) is 4.36. The molecule has 2 heterocycles. The zero-order chi connectivity index (χ0) is 16.1. The van der Waals surface area contributed by atoms with Crippen molar-refractivity contribution in [2.24, 2.45) is 5.92 Å². The van der Waals surface area contributed by atoms with Crippen molar-refractivity contribution >= 4 is 16.8 Å². The number of hydrogen-bond acceptors (Lipinski definition) is 2. The minimum absolute atomic E-state index is 0.174. The molecule has 2 aromatic rings. The van der Waals surface area contributed by atoms with E-state index in [0.29, 0.717) is 12.3 Å². The molecule has 1 aliphatic rings. The Morgan fingerprint density at radius 1 is 1.30 bits per heavy atom. The van der Waals surface area contributed by atoms with Crippen LogP contribution in [0.1, 0.15) is 31.7 Å². The van der Waals surface area contributed by atoms with E-state index in [2.05, 4.69) is 34.3 Å². The number of aromatic amines is 1. The van der Waals surface area contributed by atoms with Crippen LogP contribution in [0.4, 0.5) is 0 Å². The van der Waals surface area contributed by atoms with Crippen molar-refractivity contribution in [3.63, 3.8) is 0 Å². The quantitative estimate of drug-likeness (QED) is 0.861. The molecule has 0 unspecified atom stereocenters. The fourth-order valence-corrected chi connectivity index (χ4v) is 3.44. The topological polar surface area (TPSA) is 48.1 Å². The molecule has 4 heteroatoms. The molecular weight excluding hydrogens is 286 g/mol. The molecule has 23 heavy (non-hydrogen) atoms. The van der Waals surface area contributed by atoms with Crippen LogP contribution >= 0.6 is 0 Å². The molecule has 0 bridgehead atoms. The van der Waals surface area contributed by atoms with E-state index >= 15 is 0 Å². The molecular formula is C19H27N3O. The minimum Gasteiger partial charge on any atom is -0.361 e. The summed E-state index contributed by atoms with van der Waals surface area (Å²) in [6.45, 7) is 6.54. The number of para-hydroxylation sites is 1. The van der Waals surface area contributed by atoms with Gasteiger partial charge in [-0.05, 0) is 56.4 Å². The second kappa shape index (κ2) is 7.64. The van der Waals surface area contributed by atoms with Gasteiger partial charge in [0.05, 0.1) is 0 Å². The first-order valence-corrected chi connectivity index (χ1v) is 8.80. The third kappa shape index (κ3) is 4.14. The lowest BCUT2D eigenvalue weighted by Crippen LogP contribution is -2.38. The van der Waals surface area contributed by atoms with Gasteiger partial charge < -0.3 is 15.2 Å². The smallest absolute Gasteiger partial charge is 0.220 e. The van der Waals surface area contributed by atoms with Gasteiger partial charge in [-0.1, -0.05) is 25.1 Å². The number of aromatic nitrogens is 1. The van der Waals surface area contributed by atoms with Gasteiger partial charge in [0.15, 0.2) is 0 Å². The maximum Gasteiger partial charge on any atom is 0.220 e. The summed E-state index contributed by atoms with van der Waals surface area (Å²) in [6, 6.07) is 8.25. The number of fused-ring (bicyclic) bond motifs is 1. The summed E-state index contributed by atoms with van der Waals surface area (Å²) in [6.07, 6.45) is 5.80. The molecule has 0 saturated carbocycles. The number of amides is 1. The lowest BCUT2D eigenvalue weighted by atomic mass is 9.97. The number of nitrogens with one attached hydrogen (secondary N) is 2. The molecule has 0 atom stereocenters. The first-order chi connectivity index (χ1) is 11.3. The number of carbonyl (C=O) groups is 1. The lowest BCUT2D eigenvalue weighted by molar-refractivity contribution is -0.121. The van der Waals surface area contributed by atoms with Crippen LogP contribution in [0, 0.1) is 5.92 Å². The molecule has 1 aromatic carbocycles. The van der Waals surface area contributed by atoms with Crippen molar-refractivity contribution in [1.29, 1.82) is 0 Å². The summed E-state index contributed by atoms with van der Waals surface area (Å²) in [5.41, 5.74) is 2.37. The predicted octanol–water partition coefficient (Wildman–Crippen LogP) is 2.95. The average molecular weight is 313 g/mol. The van der Waals surface area contributed by atoms with Crippen LogP contribution < -0.4 is 5.32 Å². The van der Waals surface area contributed by atoms with E-state index in [9.17, 15) is 4.79 Å². The van der Waals surface area contributed by atoms with E-state index in [1.165, 1.54) is 36.9 Å². The number of benzene rings is 1. The number of carbonyl (C=O) groups excluding carboxylic acids is 1. The molecule has 0 aliphatic carbocycles. The number of likely N-dealkylation sites (tertiary alicyclic amines) is 1. The standard InChI is InChI=1S/C19H27N3O/c1-2-22-11-9-15(10-12-22)13-21-19(23)8-7-16-14-20-18-6-4-3-5-17(16)18/h3-6,14-15,20H,2,7-13H2,1H3,(H,21,23). The van der Waals surface area contributed by atoms with Gasteiger partial charge >= 0.3 is 0 Å². The van der Waals surface area contributed by atoms with Gasteiger partial charge in [0, 0.05) is 30.1 Å². The Bertz CT molecular complexity index is 641. The summed E-state index contributed by atoms with van der Waals surface area (Å²) in [7, 11) is 0. The molecule has 4 nitrogen and oxygen atoms in total. The molecule has 0 spiro atoms. The minimum atomic E-state index is 0.174. The van der Waals surface area contributed by atoms with Crippen LogP contribution in [0.3, 0.4) is 0 Å². The van der Waals surface area contributed by atoms with Crippen molar-refractivity contribution in [2.45, 2.75) is 32.6 Å². The molecule has 2 N–H and O–H groups in total. The highest BCUT2D eigenvalue weighted by molar-refractivity contribution is 5.84. The highest BCUT2D eigenvalue weighted by atomic mass is 16.1. The Hall–Kier alpha value is -1.81. The molecule has 0 radical (unpaired) electrons. The Morgan fingerprint density at radius 3 is 2.87 bits per heavy atom. The number of nitrogens with zero attached hydrogens (tertiary/aromatic N) is 1. The zero-order valence-corrected chi connectivity index (χ0v) is 14.0. The highest BCUT2D eigenvalue weighted by Crippen LogP contribution is 2.19. The van der Waals surface area contributed by atoms with Gasteiger partial charge in [0.1, 0.15) is 0 Å². The maximum absolute atomic E-state index is 12.1. The van der Waals surface area contributed by atoms with Crippen LogP contribution in [0.5, 0.6) is 0 Å². The number of H-pyrrole nitrogens is 1. The zero-order valence-electron chi connectivity index (χ0n) is 14.0. The van der Waals surface area contributed by atoms with Crippen LogP contribution in [0.25, 0.3) is 10.9 Å². The van der Waals surface area contributed by atoms with E-state index in [1.54, 1.807) is 0 Å². The van der Waals surface area contributed by atoms with Crippen LogP contribution in [0.2, 0.25) is 0 Å². The number of rotatable bonds is 6. The number of aryl methyl sites for hydroxylation is 1. The third-order valence-electron chi connectivity index (χ3n) is 5.04. The Labute approximate surface area is 138 Å². The van der Waals surface area contributed by atoms with Crippen molar-refractivity contribution in [1.82, 2.24) is 15.2 Å². The van der Waals surface area contributed by atoms with Gasteiger partial charge in [-0.2, -0.15) is 0 Å². The Morgan fingerprint density at radius 2 is 2.09 bits per heavy atom. The van der Waals surface area contributed by atoms with Gasteiger partial charge in [-0.25, -0.2) is 0 Å². The Kier molecular flexibility index (Phi) is 5.34. The number of piperidine rings is 1. The van der Waals surface area contributed by atoms with Crippen LogP contribution in [-0.2, 0) is 11.2 Å². The largest absolute Gasteiger partial charge is 0.361 e. The van der Waals surface area contributed by atoms with Gasteiger partial charge in [-0.3, -0.25) is 4.79 Å². The van der Waals surface area contributed by atoms with E-state index in [-0.39, 0.29) is 5.91 Å². The summed E-state index contributed by atoms with van der Waals surface area (Å²) in [5.74, 6) is 0.822. The van der Waals surface area contributed by atoms with E-state index < -0.39 is 0 Å². The molecule has 3 rings (SSSR count). The second-order valence-corrected chi connectivity index (χ2v) is 6.54. The highest BCUT2D eigenvalue weighted by Gasteiger charge is 2.18. The molecule has 124 valence electrons. The summed E-state index contributed by atoms with van der Waals surface area (Å²) >= 11 is 0. The van der Waals surface area contributed by atoms with Gasteiger partial charge in [0.2, 0.25) is 5.91 Å². The molecule has 1 saturated heterocycles. The molecule has 1 aliphatic heterocycles. The number of hydrogen-bond donors (Lipinski definition) is 2. The average Bonchev–Trinajstić information content (AvgIpc) is 3.02. The summed E-state index contributed by atoms with van der Waals surface area (Å²) < 4.78 is 0. The van der Waals surface area contributed by atoms with Crippen molar-refractivity contribution in [2.75, 3.05) is 26.2 Å². The van der Waals surface area contributed by atoms with Crippen molar-refractivity contribution < 1.29 is 4.79 Å². The van der Waals surface area contributed by atoms with Crippen LogP contribution in [0.15, 0.2) is 30.5 Å².